The molecule has 92 valence electrons. The Hall–Kier alpha value is -1.51. The van der Waals surface area contributed by atoms with Crippen molar-refractivity contribution in [3.05, 3.63) is 29.8 Å². The van der Waals surface area contributed by atoms with Gasteiger partial charge in [0.25, 0.3) is 0 Å². The van der Waals surface area contributed by atoms with Gasteiger partial charge in [0.15, 0.2) is 0 Å². The SMILES string of the molecule is NC(=O)c1ccc(N2CCCCCCC2)cc1. The highest BCUT2D eigenvalue weighted by molar-refractivity contribution is 5.93. The summed E-state index contributed by atoms with van der Waals surface area (Å²) in [5, 5.41) is 0. The zero-order chi connectivity index (χ0) is 12.1. The summed E-state index contributed by atoms with van der Waals surface area (Å²) in [4.78, 5) is 13.4. The maximum Gasteiger partial charge on any atom is 0.248 e. The van der Waals surface area contributed by atoms with E-state index in [9.17, 15) is 4.79 Å². The fraction of sp³-hybridized carbons (Fsp3) is 0.500. The number of hydrogen-bond acceptors (Lipinski definition) is 2. The maximum absolute atomic E-state index is 11.0. The quantitative estimate of drug-likeness (QED) is 0.851. The van der Waals surface area contributed by atoms with Crippen LogP contribution in [0.5, 0.6) is 0 Å². The Balaban J connectivity index is 2.06. The third kappa shape index (κ3) is 3.22. The average Bonchev–Trinajstić information content (AvgIpc) is 2.29. The minimum Gasteiger partial charge on any atom is -0.372 e. The number of anilines is 1. The zero-order valence-corrected chi connectivity index (χ0v) is 10.2. The first-order valence-corrected chi connectivity index (χ1v) is 6.42. The van der Waals surface area contributed by atoms with E-state index in [2.05, 4.69) is 4.90 Å². The third-order valence-electron chi connectivity index (χ3n) is 3.37. The molecule has 0 atom stereocenters. The molecule has 1 aromatic carbocycles. The molecule has 17 heavy (non-hydrogen) atoms. The number of nitrogens with two attached hydrogens (primary N) is 1. The Morgan fingerprint density at radius 3 is 2.00 bits per heavy atom. The molecule has 0 bridgehead atoms. The van der Waals surface area contributed by atoms with Crippen LogP contribution in [0.1, 0.15) is 42.5 Å². The van der Waals surface area contributed by atoms with Gasteiger partial charge in [-0.15, -0.1) is 0 Å². The van der Waals surface area contributed by atoms with Gasteiger partial charge in [-0.05, 0) is 37.1 Å². The summed E-state index contributed by atoms with van der Waals surface area (Å²) in [5.41, 5.74) is 7.02. The summed E-state index contributed by atoms with van der Waals surface area (Å²) in [5.74, 6) is -0.357. The van der Waals surface area contributed by atoms with Gasteiger partial charge in [-0.2, -0.15) is 0 Å². The van der Waals surface area contributed by atoms with Crippen LogP contribution in [-0.2, 0) is 0 Å². The molecule has 3 nitrogen and oxygen atoms in total. The van der Waals surface area contributed by atoms with Gasteiger partial charge in [0.2, 0.25) is 5.91 Å². The summed E-state index contributed by atoms with van der Waals surface area (Å²) in [7, 11) is 0. The second-order valence-electron chi connectivity index (χ2n) is 4.67. The van der Waals surface area contributed by atoms with E-state index < -0.39 is 0 Å². The molecule has 0 spiro atoms. The van der Waals surface area contributed by atoms with Crippen LogP contribution in [0.4, 0.5) is 5.69 Å². The summed E-state index contributed by atoms with van der Waals surface area (Å²) in [6, 6.07) is 7.64. The van der Waals surface area contributed by atoms with Crippen molar-refractivity contribution in [2.75, 3.05) is 18.0 Å². The monoisotopic (exact) mass is 232 g/mol. The maximum atomic E-state index is 11.0. The number of hydrogen-bond donors (Lipinski definition) is 1. The van der Waals surface area contributed by atoms with Crippen molar-refractivity contribution in [1.29, 1.82) is 0 Å². The smallest absolute Gasteiger partial charge is 0.248 e. The van der Waals surface area contributed by atoms with Crippen LogP contribution in [0, 0.1) is 0 Å². The van der Waals surface area contributed by atoms with Crippen LogP contribution in [0.25, 0.3) is 0 Å². The summed E-state index contributed by atoms with van der Waals surface area (Å²) < 4.78 is 0. The lowest BCUT2D eigenvalue weighted by molar-refractivity contribution is 0.100. The van der Waals surface area contributed by atoms with E-state index in [4.69, 9.17) is 5.73 Å². The van der Waals surface area contributed by atoms with Crippen molar-refractivity contribution >= 4 is 11.6 Å². The number of benzene rings is 1. The van der Waals surface area contributed by atoms with Crippen molar-refractivity contribution in [3.63, 3.8) is 0 Å². The summed E-state index contributed by atoms with van der Waals surface area (Å²) in [6.45, 7) is 2.24. The molecular weight excluding hydrogens is 212 g/mol. The van der Waals surface area contributed by atoms with Crippen molar-refractivity contribution in [3.8, 4) is 0 Å². The lowest BCUT2D eigenvalue weighted by Crippen LogP contribution is -2.27. The molecule has 1 saturated heterocycles. The molecule has 1 fully saturated rings. The van der Waals surface area contributed by atoms with Gasteiger partial charge in [0, 0.05) is 24.3 Å². The number of rotatable bonds is 2. The molecule has 1 aliphatic heterocycles. The molecule has 0 aliphatic carbocycles. The molecule has 3 heteroatoms. The van der Waals surface area contributed by atoms with E-state index >= 15 is 0 Å². The molecule has 0 unspecified atom stereocenters. The largest absolute Gasteiger partial charge is 0.372 e. The van der Waals surface area contributed by atoms with Gasteiger partial charge in [-0.3, -0.25) is 4.79 Å². The minimum atomic E-state index is -0.357. The lowest BCUT2D eigenvalue weighted by Gasteiger charge is -2.26. The lowest BCUT2D eigenvalue weighted by atomic mass is 10.1. The number of primary amides is 1. The minimum absolute atomic E-state index is 0.357. The van der Waals surface area contributed by atoms with Crippen molar-refractivity contribution < 1.29 is 4.79 Å². The highest BCUT2D eigenvalue weighted by Crippen LogP contribution is 2.19. The second-order valence-corrected chi connectivity index (χ2v) is 4.67. The first-order valence-electron chi connectivity index (χ1n) is 6.42. The number of amides is 1. The second kappa shape index (κ2) is 5.71. The fourth-order valence-electron chi connectivity index (χ4n) is 2.34. The Labute approximate surface area is 103 Å². The van der Waals surface area contributed by atoms with Crippen LogP contribution in [-0.4, -0.2) is 19.0 Å². The molecule has 1 amide bonds. The molecule has 0 aromatic heterocycles. The summed E-state index contributed by atoms with van der Waals surface area (Å²) in [6.07, 6.45) is 6.55. The topological polar surface area (TPSA) is 46.3 Å². The fourth-order valence-corrected chi connectivity index (χ4v) is 2.34. The average molecular weight is 232 g/mol. The first-order chi connectivity index (χ1) is 8.27. The van der Waals surface area contributed by atoms with Crippen molar-refractivity contribution in [2.24, 2.45) is 5.73 Å². The third-order valence-corrected chi connectivity index (χ3v) is 3.37. The van der Waals surface area contributed by atoms with Crippen molar-refractivity contribution in [1.82, 2.24) is 0 Å². The highest BCUT2D eigenvalue weighted by Gasteiger charge is 2.09. The van der Waals surface area contributed by atoms with Gasteiger partial charge in [-0.25, -0.2) is 0 Å². The Morgan fingerprint density at radius 2 is 1.47 bits per heavy atom. The van der Waals surface area contributed by atoms with E-state index in [1.807, 2.05) is 24.3 Å². The molecule has 0 saturated carbocycles. The molecule has 1 aliphatic rings. The van der Waals surface area contributed by atoms with Crippen LogP contribution in [0.15, 0.2) is 24.3 Å². The van der Waals surface area contributed by atoms with Crippen LogP contribution in [0.3, 0.4) is 0 Å². The van der Waals surface area contributed by atoms with E-state index in [1.165, 1.54) is 37.8 Å². The highest BCUT2D eigenvalue weighted by atomic mass is 16.1. The van der Waals surface area contributed by atoms with E-state index in [0.29, 0.717) is 5.56 Å². The van der Waals surface area contributed by atoms with E-state index in [-0.39, 0.29) is 5.91 Å². The van der Waals surface area contributed by atoms with E-state index in [1.54, 1.807) is 0 Å². The van der Waals surface area contributed by atoms with E-state index in [0.717, 1.165) is 13.1 Å². The van der Waals surface area contributed by atoms with Gasteiger partial charge < -0.3 is 10.6 Å². The van der Waals surface area contributed by atoms with Gasteiger partial charge in [-0.1, -0.05) is 19.3 Å². The number of carbonyl (C=O) groups excluding carboxylic acids is 1. The van der Waals surface area contributed by atoms with Crippen LogP contribution >= 0.6 is 0 Å². The molecule has 1 aromatic rings. The summed E-state index contributed by atoms with van der Waals surface area (Å²) >= 11 is 0. The number of nitrogens with zero attached hydrogens (tertiary/aromatic N) is 1. The van der Waals surface area contributed by atoms with Crippen molar-refractivity contribution in [2.45, 2.75) is 32.1 Å². The molecule has 1 heterocycles. The molecule has 0 radical (unpaired) electrons. The van der Waals surface area contributed by atoms with Gasteiger partial charge in [0.1, 0.15) is 0 Å². The Kier molecular flexibility index (Phi) is 4.02. The van der Waals surface area contributed by atoms with Crippen LogP contribution in [0.2, 0.25) is 0 Å². The van der Waals surface area contributed by atoms with Gasteiger partial charge in [0.05, 0.1) is 0 Å². The number of carbonyl (C=O) groups is 1. The molecular formula is C14H20N2O. The first kappa shape index (κ1) is 12.0. The predicted octanol–water partition coefficient (Wildman–Crippen LogP) is 2.56. The molecule has 2 N–H and O–H groups in total. The standard InChI is InChI=1S/C14H20N2O/c15-14(17)12-6-8-13(9-7-12)16-10-4-2-1-3-5-11-16/h6-9H,1-5,10-11H2,(H2,15,17). The molecule has 2 rings (SSSR count). The predicted molar refractivity (Wildman–Crippen MR) is 70.3 cm³/mol. The Morgan fingerprint density at radius 1 is 0.941 bits per heavy atom. The zero-order valence-electron chi connectivity index (χ0n) is 10.2. The van der Waals surface area contributed by atoms with Crippen LogP contribution < -0.4 is 10.6 Å². The normalized spacial score (nSPS) is 17.3. The van der Waals surface area contributed by atoms with Gasteiger partial charge >= 0.3 is 0 Å². The Bertz CT molecular complexity index is 364.